The maximum absolute atomic E-state index is 12.4. The Labute approximate surface area is 402 Å². The minimum atomic E-state index is -0.568. The van der Waals surface area contributed by atoms with Gasteiger partial charge in [0.1, 0.15) is 38.7 Å². The van der Waals surface area contributed by atoms with Crippen molar-refractivity contribution in [1.29, 1.82) is 0 Å². The van der Waals surface area contributed by atoms with Crippen LogP contribution in [0.2, 0.25) is 0 Å². The highest BCUT2D eigenvalue weighted by Gasteiger charge is 2.32. The average Bonchev–Trinajstić information content (AvgIpc) is 4.02. The number of nitrogens with zero attached hydrogens (tertiary/aromatic N) is 2. The van der Waals surface area contributed by atoms with E-state index in [1.807, 2.05) is 72.8 Å². The van der Waals surface area contributed by atoms with Crippen LogP contribution in [0.25, 0.3) is 33.4 Å². The second-order valence-electron chi connectivity index (χ2n) is 17.5. The predicted octanol–water partition coefficient (Wildman–Crippen LogP) is 10.0. The van der Waals surface area contributed by atoms with Crippen LogP contribution in [0, 0.1) is 5.92 Å². The molecule has 3 aliphatic carbocycles. The highest BCUT2D eigenvalue weighted by Crippen LogP contribution is 2.47. The summed E-state index contributed by atoms with van der Waals surface area (Å²) in [6.07, 6.45) is 2.49. The van der Waals surface area contributed by atoms with Crippen molar-refractivity contribution in [3.05, 3.63) is 179 Å². The molecule has 352 valence electrons. The number of aldehydes is 3. The number of amides is 3. The summed E-state index contributed by atoms with van der Waals surface area (Å²) in [5.41, 5.74) is 14.3. The fourth-order valence-electron chi connectivity index (χ4n) is 9.65. The van der Waals surface area contributed by atoms with Crippen LogP contribution in [0.4, 0.5) is 14.4 Å². The topological polar surface area (TPSA) is 149 Å². The Morgan fingerprint density at radius 2 is 0.913 bits per heavy atom. The number of alkyl carbamates (subject to hydrolysis) is 1. The summed E-state index contributed by atoms with van der Waals surface area (Å²) in [7, 11) is 1.55. The van der Waals surface area contributed by atoms with Gasteiger partial charge in [-0.15, -0.1) is 0 Å². The SMILES string of the molecule is CN(CC=O)C(=O)OCC1c2ccccc2-c2ccccc21.C[C@@H](C=O)NC(=O)OCC1c2ccccc2-c2ccccc21.O=CC1CCN(C(=O)OCC2c3ccccc3-c3ccccc32)CC1. The molecule has 0 aromatic heterocycles. The van der Waals surface area contributed by atoms with Crippen LogP contribution in [0.5, 0.6) is 0 Å². The Morgan fingerprint density at radius 1 is 0.565 bits per heavy atom. The van der Waals surface area contributed by atoms with Crippen molar-refractivity contribution in [3.63, 3.8) is 0 Å². The Kier molecular flexibility index (Phi) is 15.4. The Balaban J connectivity index is 0.000000140. The van der Waals surface area contributed by atoms with E-state index in [0.717, 1.165) is 19.1 Å². The molecule has 1 fully saturated rings. The number of nitrogens with one attached hydrogen (secondary N) is 1. The van der Waals surface area contributed by atoms with E-state index in [0.29, 0.717) is 32.3 Å². The molecule has 0 unspecified atom stereocenters. The number of likely N-dealkylation sites (tertiary alicyclic amines) is 1. The second-order valence-corrected chi connectivity index (χ2v) is 17.5. The van der Waals surface area contributed by atoms with Crippen molar-refractivity contribution in [2.45, 2.75) is 43.6 Å². The number of ether oxygens (including phenoxy) is 3. The molecule has 0 radical (unpaired) electrons. The first kappa shape index (κ1) is 47.6. The van der Waals surface area contributed by atoms with E-state index in [-0.39, 0.29) is 49.5 Å². The molecule has 69 heavy (non-hydrogen) atoms. The smallest absolute Gasteiger partial charge is 0.409 e. The van der Waals surface area contributed by atoms with E-state index in [9.17, 15) is 28.8 Å². The van der Waals surface area contributed by atoms with Crippen LogP contribution >= 0.6 is 0 Å². The van der Waals surface area contributed by atoms with Gasteiger partial charge in [-0.1, -0.05) is 146 Å². The van der Waals surface area contributed by atoms with Gasteiger partial charge >= 0.3 is 18.3 Å². The molecule has 0 bridgehead atoms. The van der Waals surface area contributed by atoms with Crippen molar-refractivity contribution in [2.24, 2.45) is 5.92 Å². The van der Waals surface area contributed by atoms with Gasteiger partial charge in [0.05, 0.1) is 12.6 Å². The monoisotopic (exact) mass is 925 g/mol. The number of carbonyl (C=O) groups is 6. The molecular weight excluding hydrogens is 871 g/mol. The molecule has 6 aromatic rings. The molecule has 1 N–H and O–H groups in total. The largest absolute Gasteiger partial charge is 0.449 e. The van der Waals surface area contributed by atoms with Crippen molar-refractivity contribution >= 4 is 37.1 Å². The van der Waals surface area contributed by atoms with Gasteiger partial charge in [0.25, 0.3) is 0 Å². The summed E-state index contributed by atoms with van der Waals surface area (Å²) in [5.74, 6) is 0.243. The zero-order valence-corrected chi connectivity index (χ0v) is 38.7. The number of carbonyl (C=O) groups excluding carboxylic acids is 6. The fraction of sp³-hybridized carbons (Fsp3) is 0.263. The maximum Gasteiger partial charge on any atom is 0.409 e. The van der Waals surface area contributed by atoms with E-state index in [1.165, 1.54) is 71.7 Å². The first-order valence-corrected chi connectivity index (χ1v) is 23.3. The lowest BCUT2D eigenvalue weighted by atomic mass is 9.98. The zero-order chi connectivity index (χ0) is 48.3. The van der Waals surface area contributed by atoms with E-state index < -0.39 is 18.2 Å². The van der Waals surface area contributed by atoms with Gasteiger partial charge in [-0.05, 0) is 86.5 Å². The summed E-state index contributed by atoms with van der Waals surface area (Å²) in [4.78, 5) is 70.8. The number of hydrogen-bond donors (Lipinski definition) is 1. The Bertz CT molecular complexity index is 2680. The third-order valence-corrected chi connectivity index (χ3v) is 13.2. The van der Waals surface area contributed by atoms with Gasteiger partial charge in [0.2, 0.25) is 0 Å². The van der Waals surface area contributed by atoms with E-state index >= 15 is 0 Å². The Hall–Kier alpha value is -7.86. The van der Waals surface area contributed by atoms with Gasteiger partial charge in [0.15, 0.2) is 0 Å². The van der Waals surface area contributed by atoms with Gasteiger partial charge < -0.3 is 43.7 Å². The predicted molar refractivity (Wildman–Crippen MR) is 263 cm³/mol. The van der Waals surface area contributed by atoms with Crippen LogP contribution in [0.3, 0.4) is 0 Å². The summed E-state index contributed by atoms with van der Waals surface area (Å²) >= 11 is 0. The van der Waals surface area contributed by atoms with Gasteiger partial charge in [-0.3, -0.25) is 0 Å². The van der Waals surface area contributed by atoms with Crippen LogP contribution in [-0.4, -0.2) is 99.5 Å². The molecule has 12 heteroatoms. The molecule has 1 aliphatic heterocycles. The van der Waals surface area contributed by atoms with E-state index in [4.69, 9.17) is 14.2 Å². The molecule has 1 atom stereocenters. The van der Waals surface area contributed by atoms with Crippen LogP contribution in [0.15, 0.2) is 146 Å². The lowest BCUT2D eigenvalue weighted by Crippen LogP contribution is -2.39. The van der Waals surface area contributed by atoms with E-state index in [1.54, 1.807) is 18.9 Å². The average molecular weight is 926 g/mol. The molecule has 6 aromatic carbocycles. The number of piperidine rings is 1. The first-order chi connectivity index (χ1) is 33.7. The minimum absolute atomic E-state index is 0.0321. The molecule has 3 amide bonds. The highest BCUT2D eigenvalue weighted by molar-refractivity contribution is 5.81. The normalized spacial score (nSPS) is 14.6. The number of fused-ring (bicyclic) bond motifs is 9. The highest BCUT2D eigenvalue weighted by atomic mass is 16.6. The Morgan fingerprint density at radius 3 is 1.26 bits per heavy atom. The molecule has 1 saturated heterocycles. The summed E-state index contributed by atoms with van der Waals surface area (Å²) in [6, 6.07) is 48.7. The number of likely N-dealkylation sites (N-methyl/N-ethyl adjacent to an activating group) is 1. The molecule has 1 heterocycles. The van der Waals surface area contributed by atoms with Gasteiger partial charge in [-0.2, -0.15) is 0 Å². The summed E-state index contributed by atoms with van der Waals surface area (Å²) in [5, 5.41) is 2.47. The number of rotatable bonds is 11. The lowest BCUT2D eigenvalue weighted by Gasteiger charge is -2.29. The number of benzene rings is 6. The zero-order valence-electron chi connectivity index (χ0n) is 38.7. The summed E-state index contributed by atoms with van der Waals surface area (Å²) < 4.78 is 16.3. The first-order valence-electron chi connectivity index (χ1n) is 23.3. The number of hydrogen-bond acceptors (Lipinski definition) is 9. The fourth-order valence-corrected chi connectivity index (χ4v) is 9.65. The van der Waals surface area contributed by atoms with E-state index in [2.05, 4.69) is 78.1 Å². The van der Waals surface area contributed by atoms with Gasteiger partial charge in [-0.25, -0.2) is 14.4 Å². The molecular formula is C57H55N3O9. The molecule has 0 saturated carbocycles. The molecule has 10 rings (SSSR count). The van der Waals surface area contributed by atoms with Crippen molar-refractivity contribution in [3.8, 4) is 33.4 Å². The van der Waals surface area contributed by atoms with Crippen molar-refractivity contribution < 1.29 is 43.0 Å². The third-order valence-electron chi connectivity index (χ3n) is 13.2. The second kappa shape index (κ2) is 22.3. The van der Waals surface area contributed by atoms with Crippen molar-refractivity contribution in [1.82, 2.24) is 15.1 Å². The quantitative estimate of drug-likeness (QED) is 0.0990. The standard InChI is InChI=1S/C21H21NO3.2C18H17NO3/c23-13-15-9-11-22(12-10-15)21(24)25-14-20-18-7-3-1-5-16(18)17-6-2-4-8-19(17)20;1-12(10-20)19-18(21)22-11-17-15-8-4-2-6-13(15)14-7-3-5-9-16(14)17;1-19(10-11-20)18(21)22-12-17-15-8-4-2-6-13(15)14-7-3-5-9-16(14)17/h1-8,13,15,20H,9-12,14H2;2-10,12,17H,11H2,1H3,(H,19,21);2-9,11,17H,10,12H2,1H3/t;12-;/m.0./s1. The maximum atomic E-state index is 12.4. The van der Waals surface area contributed by atoms with Crippen LogP contribution in [-0.2, 0) is 28.6 Å². The van der Waals surface area contributed by atoms with Crippen LogP contribution < -0.4 is 5.32 Å². The molecule has 12 nitrogen and oxygen atoms in total. The third kappa shape index (κ3) is 10.7. The lowest BCUT2D eigenvalue weighted by molar-refractivity contribution is -0.112. The van der Waals surface area contributed by atoms with Crippen molar-refractivity contribution in [2.75, 3.05) is 46.5 Å². The summed E-state index contributed by atoms with van der Waals surface area (Å²) in [6.45, 7) is 3.72. The van der Waals surface area contributed by atoms with Crippen LogP contribution in [0.1, 0.15) is 70.9 Å². The molecule has 0 spiro atoms. The minimum Gasteiger partial charge on any atom is -0.449 e. The van der Waals surface area contributed by atoms with Gasteiger partial charge in [0, 0.05) is 43.8 Å². The molecule has 4 aliphatic rings.